The first-order valence-corrected chi connectivity index (χ1v) is 7.85. The molecule has 3 aromatic heterocycles. The molecule has 0 aromatic carbocycles. The van der Waals surface area contributed by atoms with Crippen LogP contribution < -0.4 is 0 Å². The second kappa shape index (κ2) is 6.44. The Labute approximate surface area is 164 Å². The van der Waals surface area contributed by atoms with E-state index >= 15 is 0 Å². The molecule has 116 valence electrons. The second-order valence-electron chi connectivity index (χ2n) is 5.91. The van der Waals surface area contributed by atoms with Gasteiger partial charge in [0, 0.05) is 49.4 Å². The maximum absolute atomic E-state index is 4.63. The first kappa shape index (κ1) is 16.0. The third-order valence-corrected chi connectivity index (χ3v) is 4.04. The molecule has 5 heteroatoms. The van der Waals surface area contributed by atoms with E-state index in [0.29, 0.717) is 0 Å². The van der Waals surface area contributed by atoms with E-state index in [0.717, 1.165) is 44.8 Å². The topological polar surface area (TPSA) is 57.4 Å². The zero-order valence-electron chi connectivity index (χ0n) is 13.5. The second-order valence-corrected chi connectivity index (χ2v) is 5.91. The van der Waals surface area contributed by atoms with Gasteiger partial charge in [0.1, 0.15) is 0 Å². The van der Waals surface area contributed by atoms with Crippen LogP contribution in [0.25, 0.3) is 46.4 Å². The minimum Gasteiger partial charge on any atom is -0.355 e. The summed E-state index contributed by atoms with van der Waals surface area (Å²) in [4.78, 5) is 16.0. The average Bonchev–Trinajstić information content (AvgIpc) is 3.32. The van der Waals surface area contributed by atoms with Crippen molar-refractivity contribution in [1.82, 2.24) is 19.9 Å². The Morgan fingerprint density at radius 3 is 1.04 bits per heavy atom. The molecular weight excluding hydrogens is 409 g/mol. The third kappa shape index (κ3) is 3.34. The molecule has 3 aromatic rings. The van der Waals surface area contributed by atoms with Gasteiger partial charge >= 0.3 is 0 Å². The van der Waals surface area contributed by atoms with Crippen molar-refractivity contribution >= 4 is 46.4 Å². The van der Waals surface area contributed by atoms with E-state index in [-0.39, 0.29) is 27.3 Å². The summed E-state index contributed by atoms with van der Waals surface area (Å²) in [5.41, 5.74) is 7.86. The molecule has 2 aliphatic rings. The Morgan fingerprint density at radius 2 is 0.760 bits per heavy atom. The molecule has 5 rings (SSSR count). The van der Waals surface area contributed by atoms with Crippen LogP contribution in [0.1, 0.15) is 22.8 Å². The van der Waals surface area contributed by atoms with Gasteiger partial charge in [-0.1, -0.05) is 0 Å². The van der Waals surface area contributed by atoms with Gasteiger partial charge in [-0.25, -0.2) is 9.97 Å². The number of hydrogen-bond donors (Lipinski definition) is 2. The quantitative estimate of drug-likeness (QED) is 0.357. The number of aromatic nitrogens is 4. The van der Waals surface area contributed by atoms with Gasteiger partial charge < -0.3 is 9.97 Å². The zero-order valence-corrected chi connectivity index (χ0v) is 17.6. The molecule has 0 fully saturated rings. The van der Waals surface area contributed by atoms with E-state index in [1.807, 2.05) is 48.6 Å². The maximum Gasteiger partial charge on any atom is 0.0658 e. The molecule has 0 saturated heterocycles. The first-order valence-electron chi connectivity index (χ1n) is 7.85. The summed E-state index contributed by atoms with van der Waals surface area (Å²) in [5, 5.41) is 0. The van der Waals surface area contributed by atoms with Gasteiger partial charge in [0.15, 0.2) is 0 Å². The van der Waals surface area contributed by atoms with E-state index in [9.17, 15) is 0 Å². The van der Waals surface area contributed by atoms with Gasteiger partial charge in [-0.3, -0.25) is 0 Å². The fourth-order valence-corrected chi connectivity index (χ4v) is 2.94. The van der Waals surface area contributed by atoms with Crippen molar-refractivity contribution in [2.24, 2.45) is 0 Å². The van der Waals surface area contributed by atoms with Gasteiger partial charge in [0.25, 0.3) is 0 Å². The molecule has 4 nitrogen and oxygen atoms in total. The standard InChI is InChI=1S/C20H14N4.Cd/c1-2-14-10-16-5-6-18(23-16)12-20-8-7-19(24-20)11-17-4-3-15(22-17)9-13(1)21-14;/h1-12,21,24H;. The van der Waals surface area contributed by atoms with Crippen LogP contribution in [0.3, 0.4) is 0 Å². The summed E-state index contributed by atoms with van der Waals surface area (Å²) < 4.78 is 0. The fourth-order valence-electron chi connectivity index (χ4n) is 2.94. The predicted octanol–water partition coefficient (Wildman–Crippen LogP) is 4.65. The minimum absolute atomic E-state index is 0. The van der Waals surface area contributed by atoms with Gasteiger partial charge in [0.2, 0.25) is 0 Å². The van der Waals surface area contributed by atoms with Crippen LogP contribution in [0.2, 0.25) is 0 Å². The number of hydrogen-bond acceptors (Lipinski definition) is 2. The van der Waals surface area contributed by atoms with E-state index in [4.69, 9.17) is 0 Å². The van der Waals surface area contributed by atoms with E-state index in [1.165, 1.54) is 0 Å². The number of fused-ring (bicyclic) bond motifs is 8. The van der Waals surface area contributed by atoms with Gasteiger partial charge in [0.05, 0.1) is 22.8 Å². The van der Waals surface area contributed by atoms with Crippen LogP contribution in [0, 0.1) is 0 Å². The molecule has 25 heavy (non-hydrogen) atoms. The average molecular weight is 423 g/mol. The monoisotopic (exact) mass is 424 g/mol. The summed E-state index contributed by atoms with van der Waals surface area (Å²) in [7, 11) is 0. The number of rotatable bonds is 0. The summed E-state index contributed by atoms with van der Waals surface area (Å²) in [6.45, 7) is 0. The van der Waals surface area contributed by atoms with Crippen molar-refractivity contribution in [2.75, 3.05) is 0 Å². The summed E-state index contributed by atoms with van der Waals surface area (Å²) >= 11 is 0. The van der Waals surface area contributed by atoms with Crippen LogP contribution in [0.4, 0.5) is 0 Å². The first-order chi connectivity index (χ1) is 11.8. The predicted molar refractivity (Wildman–Crippen MR) is 98.9 cm³/mol. The van der Waals surface area contributed by atoms with Crippen LogP contribution in [-0.2, 0) is 27.3 Å². The molecule has 0 unspecified atom stereocenters. The van der Waals surface area contributed by atoms with Crippen molar-refractivity contribution < 1.29 is 27.3 Å². The largest absolute Gasteiger partial charge is 0.355 e. The maximum atomic E-state index is 4.63. The molecule has 0 atom stereocenters. The molecule has 2 aliphatic heterocycles. The molecule has 5 heterocycles. The van der Waals surface area contributed by atoms with Gasteiger partial charge in [-0.15, -0.1) is 0 Å². The molecule has 0 saturated carbocycles. The van der Waals surface area contributed by atoms with Gasteiger partial charge in [-0.05, 0) is 72.8 Å². The van der Waals surface area contributed by atoms with Crippen LogP contribution in [-0.4, -0.2) is 19.9 Å². The number of aromatic amines is 2. The summed E-state index contributed by atoms with van der Waals surface area (Å²) in [6, 6.07) is 16.4. The molecule has 8 bridgehead atoms. The van der Waals surface area contributed by atoms with Crippen LogP contribution >= 0.6 is 0 Å². The number of nitrogens with zero attached hydrogens (tertiary/aromatic N) is 2. The van der Waals surface area contributed by atoms with E-state index in [1.54, 1.807) is 0 Å². The summed E-state index contributed by atoms with van der Waals surface area (Å²) in [6.07, 6.45) is 8.09. The summed E-state index contributed by atoms with van der Waals surface area (Å²) in [5.74, 6) is 0. The fraction of sp³-hybridized carbons (Fsp3) is 0. The van der Waals surface area contributed by atoms with Crippen molar-refractivity contribution in [1.29, 1.82) is 0 Å². The zero-order chi connectivity index (χ0) is 15.9. The molecule has 0 radical (unpaired) electrons. The molecule has 0 amide bonds. The Kier molecular flexibility index (Phi) is 4.12. The van der Waals surface area contributed by atoms with Crippen LogP contribution in [0.5, 0.6) is 0 Å². The SMILES string of the molecule is C1=Cc2cc3ccc(cc4nc(cc5ccc(cc1n2)[nH]5)C=C4)[nH]3.[Cd]. The van der Waals surface area contributed by atoms with Crippen molar-refractivity contribution in [3.63, 3.8) is 0 Å². The van der Waals surface area contributed by atoms with Crippen LogP contribution in [0.15, 0.2) is 48.5 Å². The Morgan fingerprint density at radius 1 is 0.480 bits per heavy atom. The smallest absolute Gasteiger partial charge is 0.0658 e. The van der Waals surface area contributed by atoms with Crippen molar-refractivity contribution in [3.8, 4) is 0 Å². The van der Waals surface area contributed by atoms with Crippen molar-refractivity contribution in [2.45, 2.75) is 0 Å². The van der Waals surface area contributed by atoms with Gasteiger partial charge in [-0.2, -0.15) is 0 Å². The Balaban J connectivity index is 0.00000157. The van der Waals surface area contributed by atoms with Crippen molar-refractivity contribution in [3.05, 3.63) is 71.3 Å². The van der Waals surface area contributed by atoms with E-state index in [2.05, 4.69) is 44.2 Å². The Hall–Kier alpha value is -2.48. The number of nitrogens with one attached hydrogen (secondary N) is 2. The molecule has 2 N–H and O–H groups in total. The molecule has 0 aliphatic carbocycles. The van der Waals surface area contributed by atoms with E-state index < -0.39 is 0 Å². The third-order valence-electron chi connectivity index (χ3n) is 4.04. The molecular formula is C20H14CdN4. The minimum atomic E-state index is 0. The normalized spacial score (nSPS) is 12.2. The number of H-pyrrole nitrogens is 2. The molecule has 0 spiro atoms. The Bertz CT molecular complexity index is 990.